The van der Waals surface area contributed by atoms with Crippen LogP contribution in [0.25, 0.3) is 0 Å². The van der Waals surface area contributed by atoms with Crippen molar-refractivity contribution >= 4 is 11.8 Å². The molecule has 2 aliphatic heterocycles. The van der Waals surface area contributed by atoms with E-state index in [9.17, 15) is 0 Å². The van der Waals surface area contributed by atoms with Gasteiger partial charge in [0.1, 0.15) is 0 Å². The van der Waals surface area contributed by atoms with E-state index in [-0.39, 0.29) is 0 Å². The number of hydrogen-bond donors (Lipinski definition) is 1. The standard InChI is InChI=1S/C13H21N3S/c1-13(5-3-7-17-13)9-16-10-14-8-12(16)11-4-2-6-15-11/h8,10-11,15H,2-7,9H2,1H3/t11-,13?/m0/s1. The first-order valence-corrected chi connectivity index (χ1v) is 7.63. The van der Waals surface area contributed by atoms with Gasteiger partial charge in [-0.15, -0.1) is 0 Å². The Morgan fingerprint density at radius 2 is 2.53 bits per heavy atom. The number of nitrogens with zero attached hydrogens (tertiary/aromatic N) is 2. The van der Waals surface area contributed by atoms with Crippen LogP contribution in [-0.4, -0.2) is 26.6 Å². The minimum atomic E-state index is 0.425. The topological polar surface area (TPSA) is 29.9 Å². The molecular weight excluding hydrogens is 230 g/mol. The third-order valence-electron chi connectivity index (χ3n) is 3.97. The van der Waals surface area contributed by atoms with E-state index >= 15 is 0 Å². The van der Waals surface area contributed by atoms with Crippen molar-refractivity contribution in [2.75, 3.05) is 12.3 Å². The van der Waals surface area contributed by atoms with Gasteiger partial charge < -0.3 is 9.88 Å². The van der Waals surface area contributed by atoms with Crippen molar-refractivity contribution in [3.05, 3.63) is 18.2 Å². The maximum absolute atomic E-state index is 4.35. The molecule has 2 atom stereocenters. The summed E-state index contributed by atoms with van der Waals surface area (Å²) in [6.45, 7) is 4.67. The Bertz CT molecular complexity index is 376. The van der Waals surface area contributed by atoms with Crippen molar-refractivity contribution < 1.29 is 0 Å². The summed E-state index contributed by atoms with van der Waals surface area (Å²) in [5, 5.41) is 3.57. The quantitative estimate of drug-likeness (QED) is 0.895. The first kappa shape index (κ1) is 11.6. The normalized spacial score (nSPS) is 33.4. The Labute approximate surface area is 107 Å². The molecule has 0 saturated carbocycles. The van der Waals surface area contributed by atoms with Gasteiger partial charge in [-0.25, -0.2) is 4.98 Å². The van der Waals surface area contributed by atoms with Crippen LogP contribution in [0.3, 0.4) is 0 Å². The minimum absolute atomic E-state index is 0.425. The average Bonchev–Trinajstić information content (AvgIpc) is 2.98. The molecule has 3 heterocycles. The van der Waals surface area contributed by atoms with E-state index in [0.29, 0.717) is 10.8 Å². The van der Waals surface area contributed by atoms with E-state index < -0.39 is 0 Å². The number of rotatable bonds is 3. The fourth-order valence-corrected chi connectivity index (χ4v) is 4.31. The molecule has 2 aliphatic rings. The van der Waals surface area contributed by atoms with Gasteiger partial charge in [0.25, 0.3) is 0 Å². The summed E-state index contributed by atoms with van der Waals surface area (Å²) in [5.74, 6) is 1.32. The van der Waals surface area contributed by atoms with Gasteiger partial charge in [-0.2, -0.15) is 11.8 Å². The molecule has 1 aromatic rings. The van der Waals surface area contributed by atoms with Crippen LogP contribution in [0, 0.1) is 0 Å². The smallest absolute Gasteiger partial charge is 0.0949 e. The molecule has 0 amide bonds. The van der Waals surface area contributed by atoms with E-state index in [1.165, 1.54) is 37.1 Å². The molecule has 4 heteroatoms. The zero-order valence-corrected chi connectivity index (χ0v) is 11.3. The maximum atomic E-state index is 4.35. The van der Waals surface area contributed by atoms with Crippen LogP contribution in [0.4, 0.5) is 0 Å². The molecule has 17 heavy (non-hydrogen) atoms. The van der Waals surface area contributed by atoms with Crippen molar-refractivity contribution in [1.82, 2.24) is 14.9 Å². The largest absolute Gasteiger partial charge is 0.332 e. The van der Waals surface area contributed by atoms with E-state index in [1.54, 1.807) is 0 Å². The summed E-state index contributed by atoms with van der Waals surface area (Å²) in [6.07, 6.45) is 9.32. The summed E-state index contributed by atoms with van der Waals surface area (Å²) in [6, 6.07) is 0.535. The Morgan fingerprint density at radius 1 is 1.59 bits per heavy atom. The lowest BCUT2D eigenvalue weighted by Crippen LogP contribution is -2.26. The fraction of sp³-hybridized carbons (Fsp3) is 0.769. The zero-order chi connectivity index (χ0) is 11.7. The molecule has 3 nitrogen and oxygen atoms in total. The van der Waals surface area contributed by atoms with Crippen molar-refractivity contribution in [2.45, 2.75) is 49.9 Å². The van der Waals surface area contributed by atoms with Crippen LogP contribution >= 0.6 is 11.8 Å². The van der Waals surface area contributed by atoms with Gasteiger partial charge in [0.2, 0.25) is 0 Å². The van der Waals surface area contributed by atoms with Gasteiger partial charge in [-0.3, -0.25) is 0 Å². The molecule has 0 radical (unpaired) electrons. The number of thioether (sulfide) groups is 1. The average molecular weight is 251 g/mol. The zero-order valence-electron chi connectivity index (χ0n) is 10.5. The third kappa shape index (κ3) is 2.38. The highest BCUT2D eigenvalue weighted by molar-refractivity contribution is 8.00. The molecule has 94 valence electrons. The van der Waals surface area contributed by atoms with Gasteiger partial charge in [0.05, 0.1) is 12.0 Å². The van der Waals surface area contributed by atoms with Crippen LogP contribution in [0.1, 0.15) is 44.3 Å². The summed E-state index contributed by atoms with van der Waals surface area (Å²) >= 11 is 2.13. The lowest BCUT2D eigenvalue weighted by molar-refractivity contribution is 0.478. The molecule has 3 rings (SSSR count). The van der Waals surface area contributed by atoms with Gasteiger partial charge >= 0.3 is 0 Å². The van der Waals surface area contributed by atoms with E-state index in [1.807, 2.05) is 12.5 Å². The maximum Gasteiger partial charge on any atom is 0.0949 e. The van der Waals surface area contributed by atoms with Gasteiger partial charge in [0, 0.05) is 23.5 Å². The summed E-state index contributed by atoms with van der Waals surface area (Å²) in [7, 11) is 0. The Kier molecular flexibility index (Phi) is 3.17. The predicted octanol–water partition coefficient (Wildman–Crippen LogP) is 2.59. The Hall–Kier alpha value is -0.480. The van der Waals surface area contributed by atoms with Gasteiger partial charge in [0.15, 0.2) is 0 Å². The van der Waals surface area contributed by atoms with E-state index in [0.717, 1.165) is 13.1 Å². The molecule has 2 fully saturated rings. The van der Waals surface area contributed by atoms with Crippen LogP contribution in [0.5, 0.6) is 0 Å². The second kappa shape index (κ2) is 4.65. The number of aromatic nitrogens is 2. The molecule has 1 aromatic heterocycles. The minimum Gasteiger partial charge on any atom is -0.332 e. The lowest BCUT2D eigenvalue weighted by atomic mass is 10.1. The molecule has 0 spiro atoms. The SMILES string of the molecule is CC1(Cn2cncc2[C@@H]2CCCN2)CCCS1. The Balaban J connectivity index is 1.76. The van der Waals surface area contributed by atoms with Crippen LogP contribution in [0.15, 0.2) is 12.5 Å². The van der Waals surface area contributed by atoms with Gasteiger partial charge in [-0.1, -0.05) is 0 Å². The molecular formula is C13H21N3S. The first-order valence-electron chi connectivity index (χ1n) is 6.64. The molecule has 1 unspecified atom stereocenters. The summed E-state index contributed by atoms with van der Waals surface area (Å²) < 4.78 is 2.80. The van der Waals surface area contributed by atoms with E-state index in [2.05, 4.69) is 33.6 Å². The number of imidazole rings is 1. The second-order valence-electron chi connectivity index (χ2n) is 5.50. The molecule has 0 aromatic carbocycles. The molecule has 2 saturated heterocycles. The van der Waals surface area contributed by atoms with Crippen molar-refractivity contribution in [3.8, 4) is 0 Å². The molecule has 0 aliphatic carbocycles. The monoisotopic (exact) mass is 251 g/mol. The number of hydrogen-bond acceptors (Lipinski definition) is 3. The summed E-state index contributed by atoms with van der Waals surface area (Å²) in [5.41, 5.74) is 1.39. The fourth-order valence-electron chi connectivity index (χ4n) is 3.01. The second-order valence-corrected chi connectivity index (χ2v) is 7.18. The Morgan fingerprint density at radius 3 is 3.24 bits per heavy atom. The van der Waals surface area contributed by atoms with Crippen molar-refractivity contribution in [3.63, 3.8) is 0 Å². The predicted molar refractivity (Wildman–Crippen MR) is 72.3 cm³/mol. The van der Waals surface area contributed by atoms with Crippen LogP contribution < -0.4 is 5.32 Å². The highest BCUT2D eigenvalue weighted by Crippen LogP contribution is 2.39. The van der Waals surface area contributed by atoms with Crippen LogP contribution in [-0.2, 0) is 6.54 Å². The molecule has 0 bridgehead atoms. The third-order valence-corrected chi connectivity index (χ3v) is 5.49. The lowest BCUT2D eigenvalue weighted by Gasteiger charge is -2.25. The summed E-state index contributed by atoms with van der Waals surface area (Å²) in [4.78, 5) is 4.35. The van der Waals surface area contributed by atoms with Gasteiger partial charge in [-0.05, 0) is 44.9 Å². The number of nitrogens with one attached hydrogen (secondary N) is 1. The first-order chi connectivity index (χ1) is 8.27. The molecule has 1 N–H and O–H groups in total. The highest BCUT2D eigenvalue weighted by Gasteiger charge is 2.31. The highest BCUT2D eigenvalue weighted by atomic mass is 32.2. The van der Waals surface area contributed by atoms with Crippen molar-refractivity contribution in [2.24, 2.45) is 0 Å². The van der Waals surface area contributed by atoms with E-state index in [4.69, 9.17) is 0 Å². The van der Waals surface area contributed by atoms with Crippen LogP contribution in [0.2, 0.25) is 0 Å². The van der Waals surface area contributed by atoms with Crippen molar-refractivity contribution in [1.29, 1.82) is 0 Å².